The smallest absolute Gasteiger partial charge is 0.368 e. The molecule has 2 amide bonds. The van der Waals surface area contributed by atoms with Gasteiger partial charge in [-0.1, -0.05) is 12.2 Å². The molecule has 4 unspecified atom stereocenters. The Hall–Kier alpha value is -1.21. The summed E-state index contributed by atoms with van der Waals surface area (Å²) in [6.45, 7) is 0. The maximum Gasteiger partial charge on any atom is 0.368 e. The fourth-order valence-corrected chi connectivity index (χ4v) is 4.33. The van der Waals surface area contributed by atoms with Gasteiger partial charge in [0.25, 0.3) is 11.8 Å². The maximum atomic E-state index is 12.4. The molecule has 24 heavy (non-hydrogen) atoms. The number of fused-ring (bicyclic) bond motifs is 5. The number of ether oxygens (including phenoxy) is 1. The van der Waals surface area contributed by atoms with Crippen LogP contribution in [-0.2, 0) is 19.2 Å². The fourth-order valence-electron chi connectivity index (χ4n) is 3.23. The molecule has 0 spiro atoms. The van der Waals surface area contributed by atoms with Crippen LogP contribution in [0.4, 0.5) is 0 Å². The lowest BCUT2D eigenvalue weighted by Gasteiger charge is -2.17. The van der Waals surface area contributed by atoms with Crippen LogP contribution in [0.25, 0.3) is 0 Å². The maximum absolute atomic E-state index is 12.4. The van der Waals surface area contributed by atoms with Crippen LogP contribution >= 0.6 is 45.2 Å². The average Bonchev–Trinajstić information content (AvgIpc) is 3.21. The van der Waals surface area contributed by atoms with E-state index in [0.717, 1.165) is 0 Å². The van der Waals surface area contributed by atoms with Crippen molar-refractivity contribution in [3.63, 3.8) is 0 Å². The summed E-state index contributed by atoms with van der Waals surface area (Å²) < 4.78 is 6.43. The normalized spacial score (nSPS) is 30.2. The molecule has 1 N–H and O–H groups in total. The van der Waals surface area contributed by atoms with E-state index in [9.17, 15) is 19.5 Å². The van der Waals surface area contributed by atoms with Crippen molar-refractivity contribution < 1.29 is 29.1 Å². The first-order valence-electron chi connectivity index (χ1n) is 7.01. The Bertz CT molecular complexity index is 792. The van der Waals surface area contributed by atoms with Gasteiger partial charge in [0.1, 0.15) is 11.3 Å². The number of nitrogens with zero attached hydrogens (tertiary/aromatic N) is 1. The third-order valence-corrected chi connectivity index (χ3v) is 6.10. The molecule has 7 nitrogen and oxygen atoms in total. The predicted molar refractivity (Wildman–Crippen MR) is 95.6 cm³/mol. The third kappa shape index (κ3) is 2.20. The lowest BCUT2D eigenvalue weighted by Crippen LogP contribution is -2.36. The molecule has 9 heteroatoms. The van der Waals surface area contributed by atoms with Crippen LogP contribution in [0.2, 0.25) is 0 Å². The summed E-state index contributed by atoms with van der Waals surface area (Å²) >= 11 is 3.75. The van der Waals surface area contributed by atoms with Crippen molar-refractivity contribution in [1.82, 2.24) is 5.06 Å². The quantitative estimate of drug-likeness (QED) is 0.340. The minimum Gasteiger partial charge on any atom is -0.506 e. The van der Waals surface area contributed by atoms with Crippen LogP contribution in [0.5, 0.6) is 5.75 Å². The predicted octanol–water partition coefficient (Wildman–Crippen LogP) is 1.61. The molecular formula is C15H9I2NO6. The monoisotopic (exact) mass is 553 g/mol. The number of benzene rings is 1. The standard InChI is InChI=1S/C15H9I2NO6/c16-5-1-2-6(17)12(19)9(5)15(22)24-18-13(20)10-7-3-4-8(23-7)11(10)14(18)21/h1-4,7-8,10-11,19H. The SMILES string of the molecule is O=C(ON1C(=O)C2C3C=CC(O3)C2C1=O)c1c(I)ccc(I)c1O. The minimum absolute atomic E-state index is 0.0718. The summed E-state index contributed by atoms with van der Waals surface area (Å²) in [6.07, 6.45) is 2.59. The van der Waals surface area contributed by atoms with Gasteiger partial charge >= 0.3 is 5.97 Å². The van der Waals surface area contributed by atoms with E-state index in [1.807, 2.05) is 45.2 Å². The van der Waals surface area contributed by atoms with E-state index in [1.165, 1.54) is 0 Å². The molecule has 0 radical (unpaired) electrons. The second-order valence-electron chi connectivity index (χ2n) is 5.60. The van der Waals surface area contributed by atoms with E-state index in [2.05, 4.69) is 0 Å². The van der Waals surface area contributed by atoms with Crippen molar-refractivity contribution in [3.8, 4) is 5.75 Å². The highest BCUT2D eigenvalue weighted by Gasteiger charge is 2.62. The molecule has 4 atom stereocenters. The molecule has 0 saturated carbocycles. The molecule has 3 heterocycles. The topological polar surface area (TPSA) is 93.1 Å². The van der Waals surface area contributed by atoms with Gasteiger partial charge in [-0.2, -0.15) is 0 Å². The number of aromatic hydroxyl groups is 1. The first-order chi connectivity index (χ1) is 11.4. The minimum atomic E-state index is -0.946. The highest BCUT2D eigenvalue weighted by atomic mass is 127. The van der Waals surface area contributed by atoms with Gasteiger partial charge in [0.2, 0.25) is 0 Å². The largest absolute Gasteiger partial charge is 0.506 e. The lowest BCUT2D eigenvalue weighted by molar-refractivity contribution is -0.177. The second kappa shape index (κ2) is 5.66. The average molecular weight is 553 g/mol. The number of amides is 2. The van der Waals surface area contributed by atoms with Gasteiger partial charge in [-0.15, -0.1) is 5.06 Å². The van der Waals surface area contributed by atoms with Crippen molar-refractivity contribution in [2.24, 2.45) is 11.8 Å². The summed E-state index contributed by atoms with van der Waals surface area (Å²) in [7, 11) is 0. The van der Waals surface area contributed by atoms with E-state index in [-0.39, 0.29) is 11.3 Å². The molecule has 2 bridgehead atoms. The summed E-state index contributed by atoms with van der Waals surface area (Å²) in [5, 5.41) is 10.6. The number of hydrogen-bond donors (Lipinski definition) is 1. The Labute approximate surface area is 163 Å². The molecule has 0 aromatic heterocycles. The van der Waals surface area contributed by atoms with Gasteiger partial charge in [-0.25, -0.2) is 4.79 Å². The van der Waals surface area contributed by atoms with Crippen molar-refractivity contribution in [1.29, 1.82) is 0 Å². The summed E-state index contributed by atoms with van der Waals surface area (Å²) in [4.78, 5) is 42.3. The van der Waals surface area contributed by atoms with Gasteiger partial charge in [0, 0.05) is 3.57 Å². The molecule has 4 rings (SSSR count). The van der Waals surface area contributed by atoms with Crippen LogP contribution in [0.15, 0.2) is 24.3 Å². The number of carbonyl (C=O) groups excluding carboxylic acids is 3. The van der Waals surface area contributed by atoms with Crippen molar-refractivity contribution >= 4 is 63.0 Å². The fraction of sp³-hybridized carbons (Fsp3) is 0.267. The van der Waals surface area contributed by atoms with Crippen LogP contribution in [0.3, 0.4) is 0 Å². The van der Waals surface area contributed by atoms with Gasteiger partial charge < -0.3 is 14.7 Å². The third-order valence-electron chi connectivity index (χ3n) is 4.33. The number of imide groups is 1. The Balaban J connectivity index is 1.61. The molecular weight excluding hydrogens is 544 g/mol. The summed E-state index contributed by atoms with van der Waals surface area (Å²) in [5.74, 6) is -3.66. The Morgan fingerprint density at radius 2 is 1.62 bits per heavy atom. The second-order valence-corrected chi connectivity index (χ2v) is 7.93. The molecule has 2 saturated heterocycles. The molecule has 1 aromatic rings. The first-order valence-corrected chi connectivity index (χ1v) is 9.16. The van der Waals surface area contributed by atoms with Crippen LogP contribution in [0, 0.1) is 19.0 Å². The highest BCUT2D eigenvalue weighted by molar-refractivity contribution is 14.1. The number of hydrogen-bond acceptors (Lipinski definition) is 6. The van der Waals surface area contributed by atoms with Crippen molar-refractivity contribution in [3.05, 3.63) is 37.0 Å². The summed E-state index contributed by atoms with van der Waals surface area (Å²) in [5.41, 5.74) is -0.0718. The zero-order valence-electron chi connectivity index (χ0n) is 11.8. The molecule has 0 aliphatic carbocycles. The zero-order valence-corrected chi connectivity index (χ0v) is 16.1. The van der Waals surface area contributed by atoms with Crippen LogP contribution in [0.1, 0.15) is 10.4 Å². The van der Waals surface area contributed by atoms with Crippen molar-refractivity contribution in [2.45, 2.75) is 12.2 Å². The van der Waals surface area contributed by atoms with Gasteiger partial charge in [-0.05, 0) is 57.3 Å². The van der Waals surface area contributed by atoms with Gasteiger partial charge in [0.05, 0.1) is 27.6 Å². The number of carbonyl (C=O) groups is 3. The van der Waals surface area contributed by atoms with Gasteiger partial charge in [-0.3, -0.25) is 9.59 Å². The van der Waals surface area contributed by atoms with E-state index in [0.29, 0.717) is 12.2 Å². The molecule has 124 valence electrons. The highest BCUT2D eigenvalue weighted by Crippen LogP contribution is 2.45. The molecule has 3 aliphatic rings. The van der Waals surface area contributed by atoms with E-state index in [4.69, 9.17) is 9.57 Å². The van der Waals surface area contributed by atoms with Gasteiger partial charge in [0.15, 0.2) is 0 Å². The Morgan fingerprint density at radius 3 is 2.21 bits per heavy atom. The molecule has 3 aliphatic heterocycles. The zero-order chi connectivity index (χ0) is 17.2. The lowest BCUT2D eigenvalue weighted by atomic mass is 9.85. The Kier molecular flexibility index (Phi) is 3.84. The molecule has 2 fully saturated rings. The number of hydroxylamine groups is 2. The molecule has 1 aromatic carbocycles. The van der Waals surface area contributed by atoms with Crippen LogP contribution in [-0.4, -0.2) is 40.2 Å². The number of rotatable bonds is 2. The first kappa shape index (κ1) is 16.3. The van der Waals surface area contributed by atoms with E-state index < -0.39 is 41.8 Å². The van der Waals surface area contributed by atoms with Crippen LogP contribution < -0.4 is 0 Å². The number of phenols is 1. The van der Waals surface area contributed by atoms with Crippen molar-refractivity contribution in [2.75, 3.05) is 0 Å². The van der Waals surface area contributed by atoms with E-state index >= 15 is 0 Å². The van der Waals surface area contributed by atoms with E-state index in [1.54, 1.807) is 24.3 Å². The number of halogens is 2. The number of phenolic OH excluding ortho intramolecular Hbond substituents is 1. The summed E-state index contributed by atoms with van der Waals surface area (Å²) in [6, 6.07) is 3.28. The Morgan fingerprint density at radius 1 is 1.08 bits per heavy atom.